The molecular formula is C50H74O15. The van der Waals surface area contributed by atoms with E-state index in [4.69, 9.17) is 23.7 Å². The molecule has 2 aliphatic heterocycles. The number of carbonyl (C=O) groups is 2. The van der Waals surface area contributed by atoms with Crippen molar-refractivity contribution in [2.24, 2.45) is 50.2 Å². The molecule has 65 heavy (non-hydrogen) atoms. The van der Waals surface area contributed by atoms with Gasteiger partial charge in [-0.15, -0.1) is 0 Å². The van der Waals surface area contributed by atoms with E-state index in [1.807, 2.05) is 0 Å². The Hall–Kier alpha value is -2.70. The number of hydrogen-bond acceptors (Lipinski definition) is 15. The summed E-state index contributed by atoms with van der Waals surface area (Å²) in [5.41, 5.74) is -0.615. The van der Waals surface area contributed by atoms with Crippen molar-refractivity contribution in [3.05, 3.63) is 41.5 Å². The van der Waals surface area contributed by atoms with Crippen LogP contribution in [0, 0.1) is 50.2 Å². The van der Waals surface area contributed by atoms with Crippen LogP contribution in [0.5, 0.6) is 5.75 Å². The second kappa shape index (κ2) is 17.4. The van der Waals surface area contributed by atoms with E-state index in [1.54, 1.807) is 12.1 Å². The van der Waals surface area contributed by atoms with Crippen molar-refractivity contribution in [2.45, 2.75) is 187 Å². The van der Waals surface area contributed by atoms with Crippen LogP contribution in [0.25, 0.3) is 0 Å². The molecule has 15 heteroatoms. The molecule has 364 valence electrons. The van der Waals surface area contributed by atoms with Gasteiger partial charge in [-0.05, 0) is 127 Å². The average molecular weight is 915 g/mol. The zero-order chi connectivity index (χ0) is 47.2. The van der Waals surface area contributed by atoms with Gasteiger partial charge in [0, 0.05) is 6.42 Å². The minimum Gasteiger partial charge on any atom is -0.508 e. The van der Waals surface area contributed by atoms with Gasteiger partial charge >= 0.3 is 11.9 Å². The molecule has 0 radical (unpaired) electrons. The van der Waals surface area contributed by atoms with Gasteiger partial charge in [-0.25, -0.2) is 0 Å². The Bertz CT molecular complexity index is 1950. The van der Waals surface area contributed by atoms with Crippen molar-refractivity contribution in [3.8, 4) is 5.75 Å². The van der Waals surface area contributed by atoms with Crippen LogP contribution in [0.1, 0.15) is 118 Å². The SMILES string of the molecule is CC1(C)CC[C@]2(C(=O)O[C@@H]3OC[C@H](O)[C@H](O[C@@H]4O[C@H](CO)[C@@H](O)[C@H](O)[C@H]4O)[C@H]3OC(=O)CCc3ccc(O)cc3)[C@H](O)C[C@]3(C)C(=CC[C@@H]4[C@@]5(C)CC[C@H](O)C(C)(C)[C@@H]5CC[C@]43C)[C@@H]2C1. The molecule has 0 aromatic heterocycles. The molecule has 1 aromatic rings. The first-order valence-electron chi connectivity index (χ1n) is 23.9. The fourth-order valence-corrected chi connectivity index (χ4v) is 14.5. The lowest BCUT2D eigenvalue weighted by Gasteiger charge is -2.71. The van der Waals surface area contributed by atoms with E-state index in [9.17, 15) is 45.6 Å². The van der Waals surface area contributed by atoms with Crippen LogP contribution < -0.4 is 0 Å². The fourth-order valence-electron chi connectivity index (χ4n) is 14.5. The minimum atomic E-state index is -1.86. The Labute approximate surface area is 382 Å². The topological polar surface area (TPSA) is 242 Å². The highest BCUT2D eigenvalue weighted by molar-refractivity contribution is 5.80. The molecule has 18 atom stereocenters. The van der Waals surface area contributed by atoms with Crippen LogP contribution in [0.4, 0.5) is 0 Å². The van der Waals surface area contributed by atoms with Gasteiger partial charge in [0.1, 0.15) is 47.8 Å². The molecule has 4 saturated carbocycles. The molecule has 0 bridgehead atoms. The van der Waals surface area contributed by atoms with E-state index < -0.39 is 103 Å². The van der Waals surface area contributed by atoms with E-state index in [1.165, 1.54) is 17.7 Å². The standard InChI is InChI=1S/C50H74O15/c1-45(2)20-21-50(29(22-45)28-13-14-33-47(5)18-17-34(54)46(3,4)32(47)16-19-48(33,6)49(28,7)23-35(50)55)44(60)65-43-41(63-36(56)15-10-26-8-11-27(52)12-9-26)40(30(53)25-61-43)64-42-39(59)38(58)37(57)31(24-51)62-42/h8-9,11-13,29-35,37-43,51-55,57-59H,10,14-25H2,1-7H3/t29-,30-,31+,32-,33+,34-,35+,37+,38-,39+,40-,41+,42-,43-,47-,48+,49+,50+/m0/s1. The van der Waals surface area contributed by atoms with Gasteiger partial charge in [0.15, 0.2) is 12.4 Å². The molecule has 8 rings (SSSR count). The number of aliphatic hydroxyl groups is 7. The van der Waals surface area contributed by atoms with Gasteiger partial charge in [0.25, 0.3) is 0 Å². The predicted octanol–water partition coefficient (Wildman–Crippen LogP) is 3.82. The van der Waals surface area contributed by atoms with E-state index in [0.717, 1.165) is 37.7 Å². The van der Waals surface area contributed by atoms with E-state index >= 15 is 4.79 Å². The van der Waals surface area contributed by atoms with Crippen molar-refractivity contribution in [2.75, 3.05) is 13.2 Å². The summed E-state index contributed by atoms with van der Waals surface area (Å²) < 4.78 is 30.0. The highest BCUT2D eigenvalue weighted by Gasteiger charge is 2.72. The quantitative estimate of drug-likeness (QED) is 0.130. The number of aryl methyl sites for hydroxylation is 1. The summed E-state index contributed by atoms with van der Waals surface area (Å²) in [6.45, 7) is 14.7. The van der Waals surface area contributed by atoms with Gasteiger partial charge in [-0.3, -0.25) is 9.59 Å². The summed E-state index contributed by atoms with van der Waals surface area (Å²) in [6, 6.07) is 6.29. The summed E-state index contributed by atoms with van der Waals surface area (Å²) in [5, 5.41) is 86.9. The summed E-state index contributed by atoms with van der Waals surface area (Å²) >= 11 is 0. The second-order valence-corrected chi connectivity index (χ2v) is 22.9. The number of fused-ring (bicyclic) bond motifs is 7. The third-order valence-electron chi connectivity index (χ3n) is 18.6. The van der Waals surface area contributed by atoms with Crippen molar-refractivity contribution in [3.63, 3.8) is 0 Å². The molecule has 2 saturated heterocycles. The number of esters is 2. The molecule has 2 heterocycles. The van der Waals surface area contributed by atoms with Crippen LogP contribution in [0.15, 0.2) is 35.9 Å². The zero-order valence-electron chi connectivity index (χ0n) is 39.1. The van der Waals surface area contributed by atoms with Gasteiger partial charge in [0.05, 0.1) is 25.4 Å². The zero-order valence-corrected chi connectivity index (χ0v) is 39.1. The van der Waals surface area contributed by atoms with E-state index in [-0.39, 0.29) is 46.4 Å². The maximum Gasteiger partial charge on any atom is 0.317 e. The molecule has 6 fully saturated rings. The number of phenols is 1. The Morgan fingerprint density at radius 1 is 0.769 bits per heavy atom. The van der Waals surface area contributed by atoms with Crippen LogP contribution in [-0.2, 0) is 39.7 Å². The molecule has 8 N–H and O–H groups in total. The summed E-state index contributed by atoms with van der Waals surface area (Å²) in [6.07, 6.45) is -7.64. The number of aromatic hydroxyl groups is 1. The first-order chi connectivity index (χ1) is 30.4. The molecular weight excluding hydrogens is 841 g/mol. The number of carbonyl (C=O) groups excluding carboxylic acids is 2. The maximum atomic E-state index is 15.4. The highest BCUT2D eigenvalue weighted by atomic mass is 16.8. The van der Waals surface area contributed by atoms with Gasteiger partial charge in [0.2, 0.25) is 6.29 Å². The molecule has 15 nitrogen and oxygen atoms in total. The smallest absolute Gasteiger partial charge is 0.317 e. The fraction of sp³-hybridized carbons (Fsp3) is 0.800. The van der Waals surface area contributed by atoms with Gasteiger partial charge in [-0.2, -0.15) is 0 Å². The molecule has 0 spiro atoms. The van der Waals surface area contributed by atoms with Gasteiger partial charge < -0.3 is 64.5 Å². The van der Waals surface area contributed by atoms with Crippen molar-refractivity contribution in [1.82, 2.24) is 0 Å². The Kier molecular flexibility index (Phi) is 13.0. The third-order valence-corrected chi connectivity index (χ3v) is 18.6. The Morgan fingerprint density at radius 3 is 2.17 bits per heavy atom. The molecule has 0 amide bonds. The van der Waals surface area contributed by atoms with Crippen LogP contribution in [0.3, 0.4) is 0 Å². The number of benzene rings is 1. The van der Waals surface area contributed by atoms with Crippen molar-refractivity contribution in [1.29, 1.82) is 0 Å². The lowest BCUT2D eigenvalue weighted by atomic mass is 9.33. The van der Waals surface area contributed by atoms with Crippen molar-refractivity contribution >= 4 is 11.9 Å². The monoisotopic (exact) mass is 915 g/mol. The average Bonchev–Trinajstić information content (AvgIpc) is 3.24. The first kappa shape index (κ1) is 48.7. The number of phenolic OH excluding ortho intramolecular Hbond substituents is 1. The number of allylic oxidation sites excluding steroid dienone is 2. The maximum absolute atomic E-state index is 15.4. The lowest BCUT2D eigenvalue weighted by molar-refractivity contribution is -0.347. The number of hydrogen-bond donors (Lipinski definition) is 8. The van der Waals surface area contributed by atoms with Crippen LogP contribution in [-0.4, -0.2) is 134 Å². The highest BCUT2D eigenvalue weighted by Crippen LogP contribution is 2.76. The summed E-state index contributed by atoms with van der Waals surface area (Å²) in [4.78, 5) is 29.0. The molecule has 7 aliphatic rings. The molecule has 1 aromatic carbocycles. The molecule has 5 aliphatic carbocycles. The van der Waals surface area contributed by atoms with Crippen LogP contribution >= 0.6 is 0 Å². The van der Waals surface area contributed by atoms with Crippen LogP contribution in [0.2, 0.25) is 0 Å². The third kappa shape index (κ3) is 7.99. The predicted molar refractivity (Wildman–Crippen MR) is 233 cm³/mol. The summed E-state index contributed by atoms with van der Waals surface area (Å²) in [5.74, 6) is -1.21. The van der Waals surface area contributed by atoms with Crippen molar-refractivity contribution < 1.29 is 74.1 Å². The summed E-state index contributed by atoms with van der Waals surface area (Å²) in [7, 11) is 0. The Morgan fingerprint density at radius 2 is 1.48 bits per heavy atom. The first-order valence-corrected chi connectivity index (χ1v) is 23.9. The number of rotatable bonds is 9. The lowest BCUT2D eigenvalue weighted by Crippen LogP contribution is -2.68. The minimum absolute atomic E-state index is 0.0291. The number of ether oxygens (including phenoxy) is 5. The van der Waals surface area contributed by atoms with E-state index in [2.05, 4.69) is 54.5 Å². The Balaban J connectivity index is 1.11. The van der Waals surface area contributed by atoms with Gasteiger partial charge in [-0.1, -0.05) is 72.2 Å². The largest absolute Gasteiger partial charge is 0.508 e. The molecule has 0 unspecified atom stereocenters. The van der Waals surface area contributed by atoms with E-state index in [0.29, 0.717) is 37.5 Å². The normalized spacial score (nSPS) is 46.6. The number of aliphatic hydroxyl groups excluding tert-OH is 7. The second-order valence-electron chi connectivity index (χ2n) is 22.9.